The number of likely N-dealkylation sites (tertiary alicyclic amines) is 1. The Kier molecular flexibility index (Phi) is 5.13. The van der Waals surface area contributed by atoms with Crippen molar-refractivity contribution in [3.8, 4) is 11.3 Å². The SMILES string of the molecule is CC(C)C(=O)N1CCCC1C(=O)Nc1nc(-c2ccccc2F)cs1. The fourth-order valence-electron chi connectivity index (χ4n) is 2.95. The van der Waals surface area contributed by atoms with Crippen molar-refractivity contribution in [3.05, 3.63) is 35.5 Å². The molecule has 0 bridgehead atoms. The molecule has 0 aliphatic carbocycles. The Morgan fingerprint density at radius 2 is 2.12 bits per heavy atom. The van der Waals surface area contributed by atoms with Crippen LogP contribution in [0.1, 0.15) is 26.7 Å². The van der Waals surface area contributed by atoms with Crippen LogP contribution in [0, 0.1) is 11.7 Å². The van der Waals surface area contributed by atoms with Gasteiger partial charge in [-0.25, -0.2) is 9.37 Å². The number of hydrogen-bond acceptors (Lipinski definition) is 4. The molecule has 0 saturated carbocycles. The monoisotopic (exact) mass is 361 g/mol. The number of amides is 2. The van der Waals surface area contributed by atoms with Gasteiger partial charge in [0.25, 0.3) is 0 Å². The van der Waals surface area contributed by atoms with Crippen LogP contribution in [0.2, 0.25) is 0 Å². The molecule has 1 saturated heterocycles. The van der Waals surface area contributed by atoms with Crippen molar-refractivity contribution >= 4 is 28.3 Å². The molecule has 3 rings (SSSR count). The first kappa shape index (κ1) is 17.5. The van der Waals surface area contributed by atoms with Gasteiger partial charge < -0.3 is 10.2 Å². The third kappa shape index (κ3) is 3.71. The molecule has 1 atom stereocenters. The van der Waals surface area contributed by atoms with E-state index in [1.807, 2.05) is 13.8 Å². The molecular formula is C18H20FN3O2S. The van der Waals surface area contributed by atoms with Gasteiger partial charge in [-0.05, 0) is 25.0 Å². The van der Waals surface area contributed by atoms with Crippen molar-refractivity contribution in [2.24, 2.45) is 5.92 Å². The second kappa shape index (κ2) is 7.31. The second-order valence-electron chi connectivity index (χ2n) is 6.35. The van der Waals surface area contributed by atoms with E-state index in [0.29, 0.717) is 29.4 Å². The number of rotatable bonds is 4. The number of hydrogen-bond donors (Lipinski definition) is 1. The topological polar surface area (TPSA) is 62.3 Å². The maximum absolute atomic E-state index is 13.8. The summed E-state index contributed by atoms with van der Waals surface area (Å²) in [7, 11) is 0. The molecule has 25 heavy (non-hydrogen) atoms. The third-order valence-corrected chi connectivity index (χ3v) is 4.97. The maximum atomic E-state index is 13.8. The van der Waals surface area contributed by atoms with E-state index in [9.17, 15) is 14.0 Å². The fraction of sp³-hybridized carbons (Fsp3) is 0.389. The Bertz CT molecular complexity index is 790. The number of aromatic nitrogens is 1. The summed E-state index contributed by atoms with van der Waals surface area (Å²) in [5, 5.41) is 4.89. The highest BCUT2D eigenvalue weighted by molar-refractivity contribution is 7.14. The summed E-state index contributed by atoms with van der Waals surface area (Å²) in [5.74, 6) is -0.735. The number of halogens is 1. The number of benzene rings is 1. The van der Waals surface area contributed by atoms with Crippen molar-refractivity contribution in [3.63, 3.8) is 0 Å². The number of anilines is 1. The van der Waals surface area contributed by atoms with Crippen LogP contribution < -0.4 is 5.32 Å². The van der Waals surface area contributed by atoms with Crippen LogP contribution in [0.4, 0.5) is 9.52 Å². The van der Waals surface area contributed by atoms with Crippen LogP contribution in [0.25, 0.3) is 11.3 Å². The van der Waals surface area contributed by atoms with E-state index in [1.165, 1.54) is 17.4 Å². The van der Waals surface area contributed by atoms with Crippen LogP contribution >= 0.6 is 11.3 Å². The summed E-state index contributed by atoms with van der Waals surface area (Å²) in [6.45, 7) is 4.27. The van der Waals surface area contributed by atoms with Crippen molar-refractivity contribution < 1.29 is 14.0 Å². The van der Waals surface area contributed by atoms with Gasteiger partial charge in [-0.1, -0.05) is 26.0 Å². The fourth-order valence-corrected chi connectivity index (χ4v) is 3.66. The molecule has 1 N–H and O–H groups in total. The smallest absolute Gasteiger partial charge is 0.248 e. The maximum Gasteiger partial charge on any atom is 0.248 e. The van der Waals surface area contributed by atoms with Gasteiger partial charge in [-0.3, -0.25) is 9.59 Å². The standard InChI is InChI=1S/C18H20FN3O2S/c1-11(2)17(24)22-9-5-8-15(22)16(23)21-18-20-14(10-25-18)12-6-3-4-7-13(12)19/h3-4,6-7,10-11,15H,5,8-9H2,1-2H3,(H,20,21,23). The Morgan fingerprint density at radius 3 is 2.84 bits per heavy atom. The molecule has 2 aromatic rings. The van der Waals surface area contributed by atoms with E-state index in [0.717, 1.165) is 6.42 Å². The van der Waals surface area contributed by atoms with Gasteiger partial charge in [0.15, 0.2) is 5.13 Å². The minimum atomic E-state index is -0.462. The first-order chi connectivity index (χ1) is 12.0. The summed E-state index contributed by atoms with van der Waals surface area (Å²) >= 11 is 1.24. The largest absolute Gasteiger partial charge is 0.330 e. The molecule has 5 nitrogen and oxygen atoms in total. The third-order valence-electron chi connectivity index (χ3n) is 4.22. The molecule has 1 aromatic carbocycles. The van der Waals surface area contributed by atoms with E-state index >= 15 is 0 Å². The number of carbonyl (C=O) groups excluding carboxylic acids is 2. The quantitative estimate of drug-likeness (QED) is 0.906. The van der Waals surface area contributed by atoms with E-state index in [2.05, 4.69) is 10.3 Å². The molecule has 7 heteroatoms. The van der Waals surface area contributed by atoms with Gasteiger partial charge in [0, 0.05) is 23.4 Å². The molecule has 1 fully saturated rings. The molecule has 1 aliphatic heterocycles. The van der Waals surface area contributed by atoms with Gasteiger partial charge in [-0.15, -0.1) is 11.3 Å². The predicted octanol–water partition coefficient (Wildman–Crippen LogP) is 3.53. The van der Waals surface area contributed by atoms with E-state index < -0.39 is 6.04 Å². The molecule has 1 aliphatic rings. The van der Waals surface area contributed by atoms with Crippen molar-refractivity contribution in [1.82, 2.24) is 9.88 Å². The Balaban J connectivity index is 1.72. The molecule has 1 unspecified atom stereocenters. The van der Waals surface area contributed by atoms with Crippen molar-refractivity contribution in [1.29, 1.82) is 0 Å². The van der Waals surface area contributed by atoms with Crippen LogP contribution in [-0.4, -0.2) is 34.3 Å². The zero-order valence-electron chi connectivity index (χ0n) is 14.2. The number of nitrogens with one attached hydrogen (secondary N) is 1. The zero-order chi connectivity index (χ0) is 18.0. The van der Waals surface area contributed by atoms with Crippen molar-refractivity contribution in [2.45, 2.75) is 32.7 Å². The minimum Gasteiger partial charge on any atom is -0.330 e. The van der Waals surface area contributed by atoms with Crippen molar-refractivity contribution in [2.75, 3.05) is 11.9 Å². The molecule has 1 aromatic heterocycles. The van der Waals surface area contributed by atoms with E-state index in [4.69, 9.17) is 0 Å². The number of thiazole rings is 1. The Labute approximate surface area is 149 Å². The van der Waals surface area contributed by atoms with Gasteiger partial charge in [0.1, 0.15) is 11.9 Å². The first-order valence-corrected chi connectivity index (χ1v) is 9.17. The number of nitrogens with zero attached hydrogens (tertiary/aromatic N) is 2. The highest BCUT2D eigenvalue weighted by atomic mass is 32.1. The molecule has 2 amide bonds. The van der Waals surface area contributed by atoms with Crippen LogP contribution in [0.5, 0.6) is 0 Å². The summed E-state index contributed by atoms with van der Waals surface area (Å²) in [5.41, 5.74) is 0.886. The lowest BCUT2D eigenvalue weighted by atomic mass is 10.1. The summed E-state index contributed by atoms with van der Waals surface area (Å²) < 4.78 is 13.8. The summed E-state index contributed by atoms with van der Waals surface area (Å²) in [6.07, 6.45) is 1.46. The normalized spacial score (nSPS) is 17.1. The zero-order valence-corrected chi connectivity index (χ0v) is 15.0. The second-order valence-corrected chi connectivity index (χ2v) is 7.21. The van der Waals surface area contributed by atoms with Gasteiger partial charge >= 0.3 is 0 Å². The predicted molar refractivity (Wildman–Crippen MR) is 95.7 cm³/mol. The van der Waals surface area contributed by atoms with E-state index in [-0.39, 0.29) is 23.5 Å². The van der Waals surface area contributed by atoms with Crippen LogP contribution in [0.3, 0.4) is 0 Å². The summed E-state index contributed by atoms with van der Waals surface area (Å²) in [6, 6.07) is 5.92. The highest BCUT2D eigenvalue weighted by Gasteiger charge is 2.35. The molecule has 0 radical (unpaired) electrons. The number of carbonyl (C=O) groups is 2. The van der Waals surface area contributed by atoms with Gasteiger partial charge in [-0.2, -0.15) is 0 Å². The average Bonchev–Trinajstić information content (AvgIpc) is 3.23. The highest BCUT2D eigenvalue weighted by Crippen LogP contribution is 2.28. The Morgan fingerprint density at radius 1 is 1.36 bits per heavy atom. The summed E-state index contributed by atoms with van der Waals surface area (Å²) in [4.78, 5) is 30.7. The first-order valence-electron chi connectivity index (χ1n) is 8.29. The average molecular weight is 361 g/mol. The van der Waals surface area contributed by atoms with Crippen LogP contribution in [-0.2, 0) is 9.59 Å². The molecule has 132 valence electrons. The molecule has 2 heterocycles. The lowest BCUT2D eigenvalue weighted by Gasteiger charge is -2.25. The lowest BCUT2D eigenvalue weighted by Crippen LogP contribution is -2.44. The molecular weight excluding hydrogens is 341 g/mol. The van der Waals surface area contributed by atoms with Gasteiger partial charge in [0.05, 0.1) is 5.69 Å². The molecule has 0 spiro atoms. The van der Waals surface area contributed by atoms with E-state index in [1.54, 1.807) is 28.5 Å². The van der Waals surface area contributed by atoms with Gasteiger partial charge in [0.2, 0.25) is 11.8 Å². The minimum absolute atomic E-state index is 0.0103. The van der Waals surface area contributed by atoms with Crippen LogP contribution in [0.15, 0.2) is 29.6 Å². The lowest BCUT2D eigenvalue weighted by molar-refractivity contribution is -0.139. The Hall–Kier alpha value is -2.28.